The summed E-state index contributed by atoms with van der Waals surface area (Å²) in [7, 11) is 3.43. The number of carbonyl (C=O) groups excluding carboxylic acids is 2. The van der Waals surface area contributed by atoms with Gasteiger partial charge in [-0.3, -0.25) is 9.59 Å². The molecule has 5 rings (SSSR count). The number of benzene rings is 1. The van der Waals surface area contributed by atoms with Crippen molar-refractivity contribution in [2.45, 2.75) is 58.4 Å². The largest absolute Gasteiger partial charge is 0.448 e. The molecule has 1 spiro atoms. The standard InChI is InChI=1S/C31H43FN6O3/c1-21(2)36(4)30(40)24-6-5-7-25(32)27(24)41-26-16-34-20-35-28(26)38-18-31(19-38)12-14-37(15-13-31)17-22-8-10-23(11-9-22)29(39)33-3/h5-7,16,20-23H,8-15,17-19H2,1-4H3,(H,33,39). The van der Waals surface area contributed by atoms with Crippen LogP contribution in [0.25, 0.3) is 0 Å². The number of piperidine rings is 1. The van der Waals surface area contributed by atoms with Crippen molar-refractivity contribution in [2.75, 3.05) is 51.7 Å². The van der Waals surface area contributed by atoms with Crippen molar-refractivity contribution < 1.29 is 18.7 Å². The van der Waals surface area contributed by atoms with E-state index in [4.69, 9.17) is 4.74 Å². The van der Waals surface area contributed by atoms with Gasteiger partial charge in [-0.1, -0.05) is 6.07 Å². The van der Waals surface area contributed by atoms with Gasteiger partial charge in [-0.2, -0.15) is 0 Å². The number of halogens is 1. The maximum absolute atomic E-state index is 15.0. The molecule has 1 N–H and O–H groups in total. The molecule has 222 valence electrons. The fourth-order valence-corrected chi connectivity index (χ4v) is 6.55. The van der Waals surface area contributed by atoms with Gasteiger partial charge in [0.15, 0.2) is 23.1 Å². The molecule has 2 aliphatic heterocycles. The Morgan fingerprint density at radius 3 is 2.54 bits per heavy atom. The quantitative estimate of drug-likeness (QED) is 0.508. The van der Waals surface area contributed by atoms with Crippen molar-refractivity contribution in [3.8, 4) is 11.5 Å². The van der Waals surface area contributed by atoms with E-state index in [2.05, 4.69) is 25.1 Å². The van der Waals surface area contributed by atoms with Gasteiger partial charge in [-0.15, -0.1) is 0 Å². The third kappa shape index (κ3) is 6.32. The number of hydrogen-bond acceptors (Lipinski definition) is 7. The number of anilines is 1. The Balaban J connectivity index is 1.18. The molecule has 2 amide bonds. The van der Waals surface area contributed by atoms with Gasteiger partial charge in [0.1, 0.15) is 6.33 Å². The summed E-state index contributed by atoms with van der Waals surface area (Å²) in [5.41, 5.74) is 0.417. The first kappa shape index (κ1) is 29.2. The Morgan fingerprint density at radius 1 is 1.17 bits per heavy atom. The van der Waals surface area contributed by atoms with Crippen LogP contribution in [0.4, 0.5) is 10.2 Å². The van der Waals surface area contributed by atoms with E-state index in [0.717, 1.165) is 71.2 Å². The zero-order valence-corrected chi connectivity index (χ0v) is 24.7. The van der Waals surface area contributed by atoms with Crippen LogP contribution in [0.5, 0.6) is 11.5 Å². The second-order valence-electron chi connectivity index (χ2n) is 12.4. The van der Waals surface area contributed by atoms with Crippen LogP contribution in [-0.4, -0.2) is 84.4 Å². The molecule has 10 heteroatoms. The number of carbonyl (C=O) groups is 2. The van der Waals surface area contributed by atoms with Gasteiger partial charge < -0.3 is 24.8 Å². The van der Waals surface area contributed by atoms with E-state index < -0.39 is 5.82 Å². The van der Waals surface area contributed by atoms with Crippen LogP contribution in [-0.2, 0) is 4.79 Å². The Kier molecular flexibility index (Phi) is 8.77. The highest BCUT2D eigenvalue weighted by molar-refractivity contribution is 5.97. The molecule has 2 aromatic rings. The van der Waals surface area contributed by atoms with Crippen LogP contribution < -0.4 is 15.0 Å². The highest BCUT2D eigenvalue weighted by atomic mass is 19.1. The van der Waals surface area contributed by atoms with Gasteiger partial charge >= 0.3 is 0 Å². The molecule has 3 aliphatic rings. The Labute approximate surface area is 242 Å². The van der Waals surface area contributed by atoms with Crippen molar-refractivity contribution >= 4 is 17.6 Å². The summed E-state index contributed by atoms with van der Waals surface area (Å²) >= 11 is 0. The predicted molar refractivity (Wildman–Crippen MR) is 156 cm³/mol. The molecule has 3 fully saturated rings. The minimum absolute atomic E-state index is 0.0398. The molecule has 3 heterocycles. The number of nitrogens with zero attached hydrogens (tertiary/aromatic N) is 5. The third-order valence-electron chi connectivity index (χ3n) is 9.41. The molecule has 0 atom stereocenters. The molecule has 1 aromatic heterocycles. The van der Waals surface area contributed by atoms with Crippen LogP contribution in [0, 0.1) is 23.1 Å². The number of hydrogen-bond donors (Lipinski definition) is 1. The van der Waals surface area contributed by atoms with Gasteiger partial charge in [0.25, 0.3) is 5.91 Å². The van der Waals surface area contributed by atoms with Gasteiger partial charge in [0.05, 0.1) is 11.8 Å². The lowest BCUT2D eigenvalue weighted by Crippen LogP contribution is -2.61. The first-order valence-electron chi connectivity index (χ1n) is 14.9. The molecule has 0 radical (unpaired) electrons. The number of nitrogens with one attached hydrogen (secondary N) is 1. The molecule has 9 nitrogen and oxygen atoms in total. The number of rotatable bonds is 8. The Hall–Kier alpha value is -3.27. The lowest BCUT2D eigenvalue weighted by atomic mass is 9.71. The Bertz CT molecular complexity index is 1230. The highest BCUT2D eigenvalue weighted by Crippen LogP contribution is 2.45. The molecular formula is C31H43FN6O3. The summed E-state index contributed by atoms with van der Waals surface area (Å²) in [6, 6.07) is 4.36. The number of para-hydroxylation sites is 1. The zero-order valence-electron chi connectivity index (χ0n) is 24.7. The van der Waals surface area contributed by atoms with E-state index in [1.807, 2.05) is 13.8 Å². The van der Waals surface area contributed by atoms with Gasteiger partial charge in [0, 0.05) is 51.1 Å². The molecule has 1 aromatic carbocycles. The number of ether oxygens (including phenoxy) is 1. The fourth-order valence-electron chi connectivity index (χ4n) is 6.55. The molecule has 2 saturated heterocycles. The third-order valence-corrected chi connectivity index (χ3v) is 9.41. The van der Waals surface area contributed by atoms with Crippen molar-refractivity contribution in [3.05, 3.63) is 42.1 Å². The number of aromatic nitrogens is 2. The molecule has 0 bridgehead atoms. The lowest BCUT2D eigenvalue weighted by molar-refractivity contribution is -0.125. The highest BCUT2D eigenvalue weighted by Gasteiger charge is 2.46. The normalized spacial score (nSPS) is 22.3. The maximum Gasteiger partial charge on any atom is 0.257 e. The predicted octanol–water partition coefficient (Wildman–Crippen LogP) is 4.34. The van der Waals surface area contributed by atoms with Gasteiger partial charge in [-0.05, 0) is 83.5 Å². The van der Waals surface area contributed by atoms with E-state index in [-0.39, 0.29) is 40.5 Å². The minimum Gasteiger partial charge on any atom is -0.448 e. The first-order chi connectivity index (χ1) is 19.7. The topological polar surface area (TPSA) is 90.9 Å². The minimum atomic E-state index is -0.600. The summed E-state index contributed by atoms with van der Waals surface area (Å²) in [6.45, 7) is 8.84. The lowest BCUT2D eigenvalue weighted by Gasteiger charge is -2.54. The zero-order chi connectivity index (χ0) is 29.1. The summed E-state index contributed by atoms with van der Waals surface area (Å²) in [5.74, 6) is 1.02. The van der Waals surface area contributed by atoms with E-state index >= 15 is 0 Å². The van der Waals surface area contributed by atoms with Crippen molar-refractivity contribution in [1.82, 2.24) is 25.1 Å². The molecule has 0 unspecified atom stereocenters. The van der Waals surface area contributed by atoms with Crippen molar-refractivity contribution in [3.63, 3.8) is 0 Å². The van der Waals surface area contributed by atoms with E-state index in [1.165, 1.54) is 18.5 Å². The summed E-state index contributed by atoms with van der Waals surface area (Å²) in [5, 5.41) is 2.80. The van der Waals surface area contributed by atoms with Crippen molar-refractivity contribution in [2.24, 2.45) is 17.3 Å². The van der Waals surface area contributed by atoms with E-state index in [9.17, 15) is 14.0 Å². The van der Waals surface area contributed by atoms with Crippen LogP contribution >= 0.6 is 0 Å². The summed E-state index contributed by atoms with van der Waals surface area (Å²) < 4.78 is 21.0. The maximum atomic E-state index is 15.0. The monoisotopic (exact) mass is 566 g/mol. The van der Waals surface area contributed by atoms with E-state index in [1.54, 1.807) is 31.3 Å². The smallest absolute Gasteiger partial charge is 0.257 e. The van der Waals surface area contributed by atoms with Crippen LogP contribution in [0.3, 0.4) is 0 Å². The summed E-state index contributed by atoms with van der Waals surface area (Å²) in [4.78, 5) is 40.0. The van der Waals surface area contributed by atoms with Crippen LogP contribution in [0.2, 0.25) is 0 Å². The Morgan fingerprint density at radius 2 is 1.88 bits per heavy atom. The number of likely N-dealkylation sites (tertiary alicyclic amines) is 1. The molecule has 1 saturated carbocycles. The van der Waals surface area contributed by atoms with Crippen molar-refractivity contribution in [1.29, 1.82) is 0 Å². The second kappa shape index (κ2) is 12.3. The van der Waals surface area contributed by atoms with Gasteiger partial charge in [-0.25, -0.2) is 14.4 Å². The van der Waals surface area contributed by atoms with Gasteiger partial charge in [0.2, 0.25) is 5.91 Å². The molecular weight excluding hydrogens is 523 g/mol. The average molecular weight is 567 g/mol. The van der Waals surface area contributed by atoms with E-state index in [0.29, 0.717) is 17.5 Å². The second-order valence-corrected chi connectivity index (χ2v) is 12.4. The molecule has 1 aliphatic carbocycles. The van der Waals surface area contributed by atoms with Crippen LogP contribution in [0.1, 0.15) is 62.7 Å². The molecule has 41 heavy (non-hydrogen) atoms. The fraction of sp³-hybridized carbons (Fsp3) is 0.613. The van der Waals surface area contributed by atoms with Crippen LogP contribution in [0.15, 0.2) is 30.7 Å². The number of amides is 2. The SMILES string of the molecule is CNC(=O)C1CCC(CN2CCC3(CC2)CN(c2ncncc2Oc2c(F)cccc2C(=O)N(C)C(C)C)C3)CC1. The first-order valence-corrected chi connectivity index (χ1v) is 14.9. The summed E-state index contributed by atoms with van der Waals surface area (Å²) in [6.07, 6.45) is 9.54. The average Bonchev–Trinajstić information content (AvgIpc) is 2.97.